The highest BCUT2D eigenvalue weighted by molar-refractivity contribution is 7.12. The molecule has 0 fully saturated rings. The number of aromatic amines is 1. The number of likely N-dealkylation sites (N-methyl/N-ethyl adjacent to an activating group) is 1. The average molecular weight is 397 g/mol. The van der Waals surface area contributed by atoms with Crippen LogP contribution in [-0.2, 0) is 12.8 Å². The van der Waals surface area contributed by atoms with Gasteiger partial charge in [0.2, 0.25) is 0 Å². The van der Waals surface area contributed by atoms with Gasteiger partial charge in [0, 0.05) is 34.6 Å². The van der Waals surface area contributed by atoms with Gasteiger partial charge in [-0.1, -0.05) is 0 Å². The van der Waals surface area contributed by atoms with Gasteiger partial charge in [-0.15, -0.1) is 11.3 Å². The maximum Gasteiger partial charge on any atom is 0.257 e. The zero-order valence-electron chi connectivity index (χ0n) is 16.1. The third-order valence-corrected chi connectivity index (χ3v) is 5.84. The van der Waals surface area contributed by atoms with E-state index in [2.05, 4.69) is 15.6 Å². The van der Waals surface area contributed by atoms with Crippen molar-refractivity contribution in [2.45, 2.75) is 26.2 Å². The molecule has 6 nitrogen and oxygen atoms in total. The van der Waals surface area contributed by atoms with Gasteiger partial charge in [-0.3, -0.25) is 4.79 Å². The summed E-state index contributed by atoms with van der Waals surface area (Å²) in [7, 11) is 1.89. The molecule has 0 radical (unpaired) electrons. The highest BCUT2D eigenvalue weighted by atomic mass is 32.1. The van der Waals surface area contributed by atoms with Gasteiger partial charge in [0.25, 0.3) is 5.91 Å². The van der Waals surface area contributed by atoms with E-state index >= 15 is 0 Å². The summed E-state index contributed by atoms with van der Waals surface area (Å²) in [4.78, 5) is 22.3. The van der Waals surface area contributed by atoms with Gasteiger partial charge < -0.3 is 20.4 Å². The van der Waals surface area contributed by atoms with E-state index < -0.39 is 0 Å². The van der Waals surface area contributed by atoms with Gasteiger partial charge in [-0.2, -0.15) is 0 Å². The summed E-state index contributed by atoms with van der Waals surface area (Å²) >= 11 is 1.73. The fourth-order valence-electron chi connectivity index (χ4n) is 3.48. The zero-order valence-corrected chi connectivity index (χ0v) is 16.9. The van der Waals surface area contributed by atoms with Gasteiger partial charge in [0.1, 0.15) is 12.4 Å². The molecule has 0 saturated heterocycles. The van der Waals surface area contributed by atoms with Crippen LogP contribution in [0.1, 0.15) is 32.4 Å². The molecule has 1 amide bonds. The van der Waals surface area contributed by atoms with Crippen LogP contribution in [0.25, 0.3) is 11.3 Å². The minimum atomic E-state index is -0.125. The maximum absolute atomic E-state index is 13.0. The number of fused-ring (bicyclic) bond motifs is 3. The van der Waals surface area contributed by atoms with E-state index in [-0.39, 0.29) is 5.91 Å². The van der Waals surface area contributed by atoms with Crippen molar-refractivity contribution in [2.75, 3.05) is 25.5 Å². The number of hydrogen-bond acceptors (Lipinski definition) is 5. The molecule has 0 aliphatic heterocycles. The number of nitrogens with zero attached hydrogens (tertiary/aromatic N) is 1. The number of carbonyl (C=O) groups excluding carboxylic acids is 1. The number of benzene rings is 1. The monoisotopic (exact) mass is 396 g/mol. The minimum absolute atomic E-state index is 0.125. The Labute approximate surface area is 168 Å². The number of aromatic nitrogens is 2. The van der Waals surface area contributed by atoms with Crippen molar-refractivity contribution in [1.82, 2.24) is 15.3 Å². The number of anilines is 1. The maximum atomic E-state index is 13.0. The fourth-order valence-corrected chi connectivity index (χ4v) is 4.46. The Bertz CT molecular complexity index is 975. The second kappa shape index (κ2) is 8.16. The summed E-state index contributed by atoms with van der Waals surface area (Å²) in [6.45, 7) is 3.41. The van der Waals surface area contributed by atoms with Crippen LogP contribution in [0.5, 0.6) is 5.75 Å². The number of carbonyl (C=O) groups is 1. The van der Waals surface area contributed by atoms with Crippen molar-refractivity contribution >= 4 is 22.9 Å². The molecule has 3 N–H and O–H groups in total. The number of hydrogen-bond donors (Lipinski definition) is 3. The molecule has 3 aromatic rings. The van der Waals surface area contributed by atoms with Crippen LogP contribution in [0.15, 0.2) is 30.5 Å². The number of aryl methyl sites for hydroxylation is 3. The van der Waals surface area contributed by atoms with Crippen LogP contribution >= 0.6 is 11.3 Å². The van der Waals surface area contributed by atoms with Crippen LogP contribution in [0, 0.1) is 6.92 Å². The predicted molar refractivity (Wildman–Crippen MR) is 112 cm³/mol. The normalized spacial score (nSPS) is 12.8. The second-order valence-electron chi connectivity index (χ2n) is 6.84. The quantitative estimate of drug-likeness (QED) is 0.554. The molecular formula is C21H24N4O2S. The highest BCUT2D eigenvalue weighted by Crippen LogP contribution is 2.37. The van der Waals surface area contributed by atoms with E-state index in [1.807, 2.05) is 38.2 Å². The van der Waals surface area contributed by atoms with Crippen LogP contribution in [0.4, 0.5) is 5.69 Å². The summed E-state index contributed by atoms with van der Waals surface area (Å²) in [6, 6.07) is 7.45. The molecule has 0 atom stereocenters. The van der Waals surface area contributed by atoms with Gasteiger partial charge in [0.15, 0.2) is 0 Å². The highest BCUT2D eigenvalue weighted by Gasteiger charge is 2.25. The van der Waals surface area contributed by atoms with Gasteiger partial charge in [-0.25, -0.2) is 4.98 Å². The largest absolute Gasteiger partial charge is 0.492 e. The Morgan fingerprint density at radius 2 is 2.11 bits per heavy atom. The third kappa shape index (κ3) is 3.81. The zero-order chi connectivity index (χ0) is 19.5. The van der Waals surface area contributed by atoms with E-state index in [4.69, 9.17) is 9.72 Å². The first-order chi connectivity index (χ1) is 13.7. The molecule has 2 heterocycles. The topological polar surface area (TPSA) is 79.0 Å². The molecule has 7 heteroatoms. The first-order valence-electron chi connectivity index (χ1n) is 9.51. The van der Waals surface area contributed by atoms with Crippen molar-refractivity contribution in [2.24, 2.45) is 0 Å². The summed E-state index contributed by atoms with van der Waals surface area (Å²) < 4.78 is 5.62. The summed E-state index contributed by atoms with van der Waals surface area (Å²) in [5.41, 5.74) is 4.42. The average Bonchev–Trinajstić information content (AvgIpc) is 3.22. The third-order valence-electron chi connectivity index (χ3n) is 4.81. The van der Waals surface area contributed by atoms with Crippen LogP contribution in [0.2, 0.25) is 0 Å². The Morgan fingerprint density at radius 1 is 1.29 bits per heavy atom. The SMILES string of the molecule is CNCCOc1ccc(NC(=O)c2c[nH]c3c2-c2nc(C)sc2CCC3)cc1. The van der Waals surface area contributed by atoms with E-state index in [1.54, 1.807) is 17.5 Å². The molecule has 0 spiro atoms. The molecule has 0 unspecified atom stereocenters. The summed E-state index contributed by atoms with van der Waals surface area (Å²) in [5.74, 6) is 0.659. The van der Waals surface area contributed by atoms with Gasteiger partial charge in [0.05, 0.1) is 16.3 Å². The lowest BCUT2D eigenvalue weighted by Gasteiger charge is -2.09. The Balaban J connectivity index is 1.54. The van der Waals surface area contributed by atoms with E-state index in [0.29, 0.717) is 12.2 Å². The number of H-pyrrole nitrogens is 1. The molecule has 0 bridgehead atoms. The smallest absolute Gasteiger partial charge is 0.257 e. The first kappa shape index (κ1) is 18.7. The summed E-state index contributed by atoms with van der Waals surface area (Å²) in [5, 5.41) is 7.08. The number of ether oxygens (including phenoxy) is 1. The van der Waals surface area contributed by atoms with Crippen LogP contribution < -0.4 is 15.4 Å². The van der Waals surface area contributed by atoms with Crippen molar-refractivity contribution in [3.05, 3.63) is 51.6 Å². The van der Waals surface area contributed by atoms with E-state index in [0.717, 1.165) is 59.2 Å². The Kier molecular flexibility index (Phi) is 5.45. The van der Waals surface area contributed by atoms with Crippen molar-refractivity contribution in [3.63, 3.8) is 0 Å². The van der Waals surface area contributed by atoms with E-state index in [1.165, 1.54) is 4.88 Å². The molecule has 2 aromatic heterocycles. The number of rotatable bonds is 6. The lowest BCUT2D eigenvalue weighted by atomic mass is 10.1. The van der Waals surface area contributed by atoms with Crippen molar-refractivity contribution < 1.29 is 9.53 Å². The first-order valence-corrected chi connectivity index (χ1v) is 10.3. The summed E-state index contributed by atoms with van der Waals surface area (Å²) in [6.07, 6.45) is 4.82. The number of thiazole rings is 1. The van der Waals surface area contributed by atoms with E-state index in [9.17, 15) is 4.79 Å². The van der Waals surface area contributed by atoms with Gasteiger partial charge >= 0.3 is 0 Å². The Hall–Kier alpha value is -2.64. The number of nitrogens with one attached hydrogen (secondary N) is 3. The Morgan fingerprint density at radius 3 is 2.89 bits per heavy atom. The second-order valence-corrected chi connectivity index (χ2v) is 8.13. The van der Waals surface area contributed by atoms with Crippen LogP contribution in [0.3, 0.4) is 0 Å². The van der Waals surface area contributed by atoms with Crippen molar-refractivity contribution in [1.29, 1.82) is 0 Å². The fraction of sp³-hybridized carbons (Fsp3) is 0.333. The number of amides is 1. The molecule has 1 aliphatic carbocycles. The molecule has 0 saturated carbocycles. The molecule has 146 valence electrons. The minimum Gasteiger partial charge on any atom is -0.492 e. The molecule has 1 aromatic carbocycles. The molecular weight excluding hydrogens is 372 g/mol. The molecule has 1 aliphatic rings. The van der Waals surface area contributed by atoms with Gasteiger partial charge in [-0.05, 0) is 57.5 Å². The van der Waals surface area contributed by atoms with Crippen LogP contribution in [-0.4, -0.2) is 36.1 Å². The predicted octanol–water partition coefficient (Wildman–Crippen LogP) is 3.79. The molecule has 4 rings (SSSR count). The molecule has 28 heavy (non-hydrogen) atoms. The standard InChI is InChI=1S/C21H24N4O2S/c1-13-24-20-18(28-13)5-3-4-17-19(20)16(12-23-17)21(26)25-14-6-8-15(9-7-14)27-11-10-22-2/h6-9,12,22-23H,3-5,10-11H2,1-2H3,(H,25,26). The van der Waals surface area contributed by atoms with Crippen molar-refractivity contribution in [3.8, 4) is 17.0 Å². The lowest BCUT2D eigenvalue weighted by molar-refractivity contribution is 0.102. The lowest BCUT2D eigenvalue weighted by Crippen LogP contribution is -2.16.